The van der Waals surface area contributed by atoms with Crippen LogP contribution in [0.3, 0.4) is 0 Å². The fraction of sp³-hybridized carbons (Fsp3) is 0.476. The third-order valence-electron chi connectivity index (χ3n) is 4.22. The summed E-state index contributed by atoms with van der Waals surface area (Å²) in [6, 6.07) is 9.35. The van der Waals surface area contributed by atoms with E-state index in [-0.39, 0.29) is 18.4 Å². The number of hydrogen-bond acceptors (Lipinski definition) is 7. The van der Waals surface area contributed by atoms with Crippen LogP contribution in [0.2, 0.25) is 0 Å². The van der Waals surface area contributed by atoms with Gasteiger partial charge >= 0.3 is 0 Å². The van der Waals surface area contributed by atoms with Crippen LogP contribution >= 0.6 is 0 Å². The van der Waals surface area contributed by atoms with Crippen LogP contribution < -0.4 is 14.8 Å². The van der Waals surface area contributed by atoms with Gasteiger partial charge in [0.2, 0.25) is 0 Å². The number of aliphatic hydroxyl groups excluding tert-OH is 2. The molecule has 1 heterocycles. The van der Waals surface area contributed by atoms with Crippen LogP contribution in [-0.2, 0) is 0 Å². The van der Waals surface area contributed by atoms with Crippen LogP contribution in [0, 0.1) is 13.8 Å². The minimum absolute atomic E-state index is 0.0455. The molecule has 0 radical (unpaired) electrons. The van der Waals surface area contributed by atoms with E-state index in [1.807, 2.05) is 31.2 Å². The van der Waals surface area contributed by atoms with Crippen molar-refractivity contribution in [1.82, 2.24) is 10.3 Å². The van der Waals surface area contributed by atoms with E-state index in [1.54, 1.807) is 6.92 Å². The topological polar surface area (TPSA) is 104 Å². The largest absolute Gasteiger partial charge is 0.489 e. The minimum atomic E-state index is -1.62. The molecule has 7 nitrogen and oxygen atoms in total. The quantitative estimate of drug-likeness (QED) is 0.436. The summed E-state index contributed by atoms with van der Waals surface area (Å²) in [5.41, 5.74) is 2.02. The lowest BCUT2D eigenvalue weighted by Gasteiger charge is -2.22. The molecule has 0 aliphatic heterocycles. The first-order valence-electron chi connectivity index (χ1n) is 9.49. The van der Waals surface area contributed by atoms with Crippen LogP contribution in [0.1, 0.15) is 42.9 Å². The molecule has 2 atom stereocenters. The molecule has 0 bridgehead atoms. The number of aliphatic hydroxyl groups is 3. The molecule has 28 heavy (non-hydrogen) atoms. The second kappa shape index (κ2) is 11.0. The Balaban J connectivity index is 1.84. The van der Waals surface area contributed by atoms with Crippen LogP contribution in [0.4, 0.5) is 0 Å². The molecule has 4 N–H and O–H groups in total. The van der Waals surface area contributed by atoms with Crippen molar-refractivity contribution in [3.05, 3.63) is 53.3 Å². The van der Waals surface area contributed by atoms with Gasteiger partial charge in [-0.2, -0.15) is 0 Å². The molecule has 2 aromatic rings. The number of aromatic nitrogens is 1. The summed E-state index contributed by atoms with van der Waals surface area (Å²) in [6.45, 7) is 6.19. The molecule has 0 saturated heterocycles. The second-order valence-corrected chi connectivity index (χ2v) is 6.81. The second-order valence-electron chi connectivity index (χ2n) is 6.81. The SMILES string of the molecule is CCCC(NCC(O)COc1cc(C(O)O)cnc1C)Oc1ccc(C)cc1. The lowest BCUT2D eigenvalue weighted by atomic mass is 10.2. The summed E-state index contributed by atoms with van der Waals surface area (Å²) in [5.74, 6) is 1.19. The van der Waals surface area contributed by atoms with Crippen LogP contribution in [-0.4, -0.2) is 45.8 Å². The first-order chi connectivity index (χ1) is 13.4. The number of ether oxygens (including phenoxy) is 2. The zero-order valence-corrected chi connectivity index (χ0v) is 16.6. The monoisotopic (exact) mass is 390 g/mol. The third-order valence-corrected chi connectivity index (χ3v) is 4.22. The number of rotatable bonds is 11. The summed E-state index contributed by atoms with van der Waals surface area (Å²) in [5, 5.41) is 31.9. The predicted molar refractivity (Wildman–Crippen MR) is 106 cm³/mol. The summed E-state index contributed by atoms with van der Waals surface area (Å²) in [7, 11) is 0. The maximum absolute atomic E-state index is 10.2. The van der Waals surface area contributed by atoms with E-state index >= 15 is 0 Å². The van der Waals surface area contributed by atoms with E-state index in [9.17, 15) is 15.3 Å². The molecule has 154 valence electrons. The Kier molecular flexibility index (Phi) is 8.66. The lowest BCUT2D eigenvalue weighted by molar-refractivity contribution is -0.0429. The molecule has 1 aromatic carbocycles. The van der Waals surface area contributed by atoms with Gasteiger partial charge < -0.3 is 24.8 Å². The van der Waals surface area contributed by atoms with Gasteiger partial charge in [0, 0.05) is 18.3 Å². The predicted octanol–water partition coefficient (Wildman–Crippen LogP) is 2.22. The zero-order valence-electron chi connectivity index (χ0n) is 16.6. The standard InChI is InChI=1S/C21H30N2O5/c1-4-5-20(28-18-8-6-14(2)7-9-18)23-12-17(24)13-27-19-10-16(21(25)26)11-22-15(19)3/h6-11,17,20-21,23-26H,4-5,12-13H2,1-3H3. The highest BCUT2D eigenvalue weighted by Crippen LogP contribution is 2.20. The molecule has 7 heteroatoms. The molecular formula is C21H30N2O5. The first-order valence-corrected chi connectivity index (χ1v) is 9.49. The van der Waals surface area contributed by atoms with Crippen molar-refractivity contribution >= 4 is 0 Å². The molecule has 0 saturated carbocycles. The van der Waals surface area contributed by atoms with Crippen LogP contribution in [0.25, 0.3) is 0 Å². The number of nitrogens with one attached hydrogen (secondary N) is 1. The van der Waals surface area contributed by atoms with E-state index in [0.717, 1.165) is 18.6 Å². The van der Waals surface area contributed by atoms with E-state index in [1.165, 1.54) is 17.8 Å². The molecule has 0 aliphatic carbocycles. The Morgan fingerprint density at radius 1 is 1.11 bits per heavy atom. The molecule has 0 amide bonds. The number of pyridine rings is 1. The summed E-state index contributed by atoms with van der Waals surface area (Å²) >= 11 is 0. The molecular weight excluding hydrogens is 360 g/mol. The Labute approximate surface area is 166 Å². The Bertz CT molecular complexity index is 721. The van der Waals surface area contributed by atoms with Crippen molar-refractivity contribution < 1.29 is 24.8 Å². The molecule has 2 rings (SSSR count). The van der Waals surface area contributed by atoms with Crippen molar-refractivity contribution in [1.29, 1.82) is 0 Å². The van der Waals surface area contributed by atoms with Crippen LogP contribution in [0.15, 0.2) is 36.5 Å². The van der Waals surface area contributed by atoms with Crippen molar-refractivity contribution in [3.8, 4) is 11.5 Å². The van der Waals surface area contributed by atoms with Gasteiger partial charge in [-0.05, 0) is 38.5 Å². The number of nitrogens with zero attached hydrogens (tertiary/aromatic N) is 1. The van der Waals surface area contributed by atoms with Gasteiger partial charge in [-0.25, -0.2) is 0 Å². The normalized spacial score (nSPS) is 13.4. The summed E-state index contributed by atoms with van der Waals surface area (Å²) in [6.07, 6.45) is 0.540. The van der Waals surface area contributed by atoms with Crippen molar-refractivity contribution in [3.63, 3.8) is 0 Å². The lowest BCUT2D eigenvalue weighted by Crippen LogP contribution is -2.41. The fourth-order valence-electron chi connectivity index (χ4n) is 2.57. The van der Waals surface area contributed by atoms with Gasteiger partial charge in [-0.1, -0.05) is 31.0 Å². The van der Waals surface area contributed by atoms with Gasteiger partial charge in [-0.3, -0.25) is 10.3 Å². The summed E-state index contributed by atoms with van der Waals surface area (Å²) < 4.78 is 11.6. The summed E-state index contributed by atoms with van der Waals surface area (Å²) in [4.78, 5) is 4.07. The number of benzene rings is 1. The zero-order chi connectivity index (χ0) is 20.5. The van der Waals surface area contributed by atoms with Gasteiger partial charge in [0.1, 0.15) is 30.4 Å². The van der Waals surface area contributed by atoms with Gasteiger partial charge in [0.15, 0.2) is 6.29 Å². The highest BCUT2D eigenvalue weighted by Gasteiger charge is 2.14. The van der Waals surface area contributed by atoms with Gasteiger partial charge in [0.25, 0.3) is 0 Å². The third kappa shape index (κ3) is 7.09. The molecule has 1 aromatic heterocycles. The number of aryl methyl sites for hydroxylation is 2. The average Bonchev–Trinajstić information content (AvgIpc) is 2.67. The molecule has 0 spiro atoms. The van der Waals surface area contributed by atoms with Crippen molar-refractivity contribution in [2.75, 3.05) is 13.2 Å². The smallest absolute Gasteiger partial charge is 0.180 e. The van der Waals surface area contributed by atoms with E-state index in [4.69, 9.17) is 9.47 Å². The highest BCUT2D eigenvalue weighted by molar-refractivity contribution is 5.31. The van der Waals surface area contributed by atoms with E-state index in [2.05, 4.69) is 17.2 Å². The first kappa shape index (κ1) is 22.1. The molecule has 2 unspecified atom stereocenters. The number of hydrogen-bond donors (Lipinski definition) is 4. The maximum atomic E-state index is 10.2. The Hall–Kier alpha value is -2.19. The van der Waals surface area contributed by atoms with Crippen molar-refractivity contribution in [2.45, 2.75) is 52.2 Å². The van der Waals surface area contributed by atoms with Crippen molar-refractivity contribution in [2.24, 2.45) is 0 Å². The molecule has 0 aliphatic rings. The Morgan fingerprint density at radius 2 is 1.82 bits per heavy atom. The fourth-order valence-corrected chi connectivity index (χ4v) is 2.57. The minimum Gasteiger partial charge on any atom is -0.489 e. The van der Waals surface area contributed by atoms with Crippen LogP contribution in [0.5, 0.6) is 11.5 Å². The van der Waals surface area contributed by atoms with E-state index in [0.29, 0.717) is 18.0 Å². The molecule has 0 fully saturated rings. The Morgan fingerprint density at radius 3 is 2.46 bits per heavy atom. The van der Waals surface area contributed by atoms with E-state index < -0.39 is 12.4 Å². The van der Waals surface area contributed by atoms with Gasteiger partial charge in [0.05, 0.1) is 5.69 Å². The highest BCUT2D eigenvalue weighted by atomic mass is 16.5. The maximum Gasteiger partial charge on any atom is 0.180 e. The average molecular weight is 390 g/mol. The van der Waals surface area contributed by atoms with Gasteiger partial charge in [-0.15, -0.1) is 0 Å².